The molecule has 0 saturated heterocycles. The molecule has 4 nitrogen and oxygen atoms in total. The van der Waals surface area contributed by atoms with Gasteiger partial charge in [0.05, 0.1) is 13.2 Å². The fraction of sp³-hybridized carbons (Fsp3) is 0.611. The van der Waals surface area contributed by atoms with Gasteiger partial charge in [-0.1, -0.05) is 52.3 Å². The second-order valence-electron chi connectivity index (χ2n) is 6.54. The number of rotatable bonds is 8. The van der Waals surface area contributed by atoms with Gasteiger partial charge in [-0.25, -0.2) is 0 Å². The lowest BCUT2D eigenvalue weighted by molar-refractivity contribution is -0.129. The Morgan fingerprint density at radius 3 is 2.59 bits per heavy atom. The Balaban J connectivity index is 2.67. The van der Waals surface area contributed by atoms with E-state index in [1.54, 1.807) is 7.11 Å². The van der Waals surface area contributed by atoms with Crippen LogP contribution in [0.25, 0.3) is 0 Å². The van der Waals surface area contributed by atoms with Crippen molar-refractivity contribution in [2.45, 2.75) is 46.6 Å². The molecule has 2 atom stereocenters. The minimum absolute atomic E-state index is 0.0549. The van der Waals surface area contributed by atoms with Crippen LogP contribution in [-0.4, -0.2) is 30.8 Å². The predicted octanol–water partition coefficient (Wildman–Crippen LogP) is 2.79. The van der Waals surface area contributed by atoms with E-state index in [4.69, 9.17) is 4.74 Å². The summed E-state index contributed by atoms with van der Waals surface area (Å²) in [5.74, 6) is 0.918. The molecular weight excluding hydrogens is 278 g/mol. The third-order valence-corrected chi connectivity index (χ3v) is 4.21. The zero-order valence-corrected chi connectivity index (χ0v) is 14.3. The van der Waals surface area contributed by atoms with Crippen LogP contribution >= 0.6 is 0 Å². The molecule has 1 aromatic rings. The number of aliphatic hydroxyl groups is 1. The van der Waals surface area contributed by atoms with Crippen molar-refractivity contribution in [3.8, 4) is 5.75 Å². The molecule has 2 N–H and O–H groups in total. The van der Waals surface area contributed by atoms with Gasteiger partial charge in [0.25, 0.3) is 0 Å². The van der Waals surface area contributed by atoms with Gasteiger partial charge >= 0.3 is 0 Å². The van der Waals surface area contributed by atoms with Gasteiger partial charge in [0.15, 0.2) is 0 Å². The van der Waals surface area contributed by atoms with E-state index in [1.165, 1.54) is 0 Å². The highest BCUT2D eigenvalue weighted by molar-refractivity contribution is 5.82. The average molecular weight is 307 g/mol. The Bertz CT molecular complexity index is 485. The standard InChI is InChI=1S/C18H29NO3/c1-6-13(2)15(20)12-19-17(21)18(3,4)11-14-9-7-8-10-16(14)22-5/h7-10,13,15,20H,6,11-12H2,1-5H3,(H,19,21). The first kappa shape index (κ1) is 18.5. The molecule has 0 saturated carbocycles. The largest absolute Gasteiger partial charge is 0.496 e. The molecule has 0 aliphatic rings. The number of hydrogen-bond acceptors (Lipinski definition) is 3. The molecule has 0 heterocycles. The summed E-state index contributed by atoms with van der Waals surface area (Å²) in [6.07, 6.45) is 0.972. The Labute approximate surface area is 133 Å². The summed E-state index contributed by atoms with van der Waals surface area (Å²) in [6.45, 7) is 8.12. The van der Waals surface area contributed by atoms with Crippen molar-refractivity contribution in [3.05, 3.63) is 29.8 Å². The fourth-order valence-corrected chi connectivity index (χ4v) is 2.32. The molecule has 0 aromatic heterocycles. The summed E-state index contributed by atoms with van der Waals surface area (Å²) in [7, 11) is 1.63. The van der Waals surface area contributed by atoms with Crippen molar-refractivity contribution in [2.24, 2.45) is 11.3 Å². The van der Waals surface area contributed by atoms with Gasteiger partial charge in [-0.3, -0.25) is 4.79 Å². The third-order valence-electron chi connectivity index (χ3n) is 4.21. The van der Waals surface area contributed by atoms with E-state index in [0.717, 1.165) is 17.7 Å². The normalized spacial score (nSPS) is 14.3. The second kappa shape index (κ2) is 8.18. The van der Waals surface area contributed by atoms with Gasteiger partial charge in [0.2, 0.25) is 5.91 Å². The maximum absolute atomic E-state index is 12.4. The average Bonchev–Trinajstić information content (AvgIpc) is 2.51. The molecular formula is C18H29NO3. The van der Waals surface area contributed by atoms with Crippen LogP contribution < -0.4 is 10.1 Å². The maximum atomic E-state index is 12.4. The molecule has 1 rings (SSSR count). The summed E-state index contributed by atoms with van der Waals surface area (Å²) in [5, 5.41) is 12.8. The smallest absolute Gasteiger partial charge is 0.226 e. The summed E-state index contributed by atoms with van der Waals surface area (Å²) in [4.78, 5) is 12.4. The van der Waals surface area contributed by atoms with Crippen molar-refractivity contribution in [2.75, 3.05) is 13.7 Å². The monoisotopic (exact) mass is 307 g/mol. The molecule has 1 amide bonds. The Kier molecular flexibility index (Phi) is 6.88. The SMILES string of the molecule is CCC(C)C(O)CNC(=O)C(C)(C)Cc1ccccc1OC. The number of ether oxygens (including phenoxy) is 1. The van der Waals surface area contributed by atoms with Gasteiger partial charge in [0, 0.05) is 12.0 Å². The second-order valence-corrected chi connectivity index (χ2v) is 6.54. The number of amides is 1. The third kappa shape index (κ3) is 5.02. The zero-order valence-electron chi connectivity index (χ0n) is 14.3. The topological polar surface area (TPSA) is 58.6 Å². The number of benzene rings is 1. The molecule has 124 valence electrons. The van der Waals surface area contributed by atoms with E-state index >= 15 is 0 Å². The summed E-state index contributed by atoms with van der Waals surface area (Å²) < 4.78 is 5.34. The molecule has 0 fully saturated rings. The van der Waals surface area contributed by atoms with E-state index in [0.29, 0.717) is 13.0 Å². The van der Waals surface area contributed by atoms with Crippen molar-refractivity contribution in [1.29, 1.82) is 0 Å². The van der Waals surface area contributed by atoms with E-state index in [1.807, 2.05) is 52.0 Å². The highest BCUT2D eigenvalue weighted by Gasteiger charge is 2.29. The van der Waals surface area contributed by atoms with E-state index in [2.05, 4.69) is 5.32 Å². The first-order chi connectivity index (χ1) is 10.3. The van der Waals surface area contributed by atoms with E-state index in [9.17, 15) is 9.90 Å². The van der Waals surface area contributed by atoms with Crippen LogP contribution in [0.1, 0.15) is 39.7 Å². The Morgan fingerprint density at radius 1 is 1.36 bits per heavy atom. The molecule has 0 aliphatic heterocycles. The first-order valence-electron chi connectivity index (χ1n) is 7.90. The molecule has 0 bridgehead atoms. The Morgan fingerprint density at radius 2 is 2.00 bits per heavy atom. The number of carbonyl (C=O) groups excluding carboxylic acids is 1. The number of nitrogens with one attached hydrogen (secondary N) is 1. The van der Waals surface area contributed by atoms with Crippen molar-refractivity contribution in [3.63, 3.8) is 0 Å². The van der Waals surface area contributed by atoms with Crippen LogP contribution in [0.2, 0.25) is 0 Å². The molecule has 1 aromatic carbocycles. The number of aliphatic hydroxyl groups excluding tert-OH is 1. The number of hydrogen-bond donors (Lipinski definition) is 2. The Hall–Kier alpha value is -1.55. The molecule has 4 heteroatoms. The summed E-state index contributed by atoms with van der Waals surface area (Å²) in [6, 6.07) is 7.73. The lowest BCUT2D eigenvalue weighted by Crippen LogP contribution is -2.43. The summed E-state index contributed by atoms with van der Waals surface area (Å²) in [5.41, 5.74) is 0.441. The van der Waals surface area contributed by atoms with E-state index < -0.39 is 11.5 Å². The number of methoxy groups -OCH3 is 1. The van der Waals surface area contributed by atoms with Crippen LogP contribution in [0.4, 0.5) is 0 Å². The molecule has 0 aliphatic carbocycles. The van der Waals surface area contributed by atoms with E-state index in [-0.39, 0.29) is 11.8 Å². The maximum Gasteiger partial charge on any atom is 0.226 e. The minimum atomic E-state index is -0.566. The van der Waals surface area contributed by atoms with Crippen molar-refractivity contribution >= 4 is 5.91 Å². The molecule has 2 unspecified atom stereocenters. The highest BCUT2D eigenvalue weighted by atomic mass is 16.5. The summed E-state index contributed by atoms with van der Waals surface area (Å²) >= 11 is 0. The van der Waals surface area contributed by atoms with Crippen LogP contribution in [0.3, 0.4) is 0 Å². The van der Waals surface area contributed by atoms with Crippen LogP contribution in [0.5, 0.6) is 5.75 Å². The van der Waals surface area contributed by atoms with Crippen LogP contribution in [0.15, 0.2) is 24.3 Å². The van der Waals surface area contributed by atoms with Crippen LogP contribution in [-0.2, 0) is 11.2 Å². The fourth-order valence-electron chi connectivity index (χ4n) is 2.32. The minimum Gasteiger partial charge on any atom is -0.496 e. The van der Waals surface area contributed by atoms with Gasteiger partial charge in [-0.05, 0) is 24.0 Å². The van der Waals surface area contributed by atoms with Crippen LogP contribution in [0, 0.1) is 11.3 Å². The molecule has 0 spiro atoms. The highest BCUT2D eigenvalue weighted by Crippen LogP contribution is 2.28. The number of carbonyl (C=O) groups is 1. The van der Waals surface area contributed by atoms with Gasteiger partial charge < -0.3 is 15.2 Å². The van der Waals surface area contributed by atoms with Gasteiger partial charge in [-0.15, -0.1) is 0 Å². The lowest BCUT2D eigenvalue weighted by atomic mass is 9.84. The van der Waals surface area contributed by atoms with Gasteiger partial charge in [-0.2, -0.15) is 0 Å². The molecule has 0 radical (unpaired) electrons. The lowest BCUT2D eigenvalue weighted by Gasteiger charge is -2.26. The van der Waals surface area contributed by atoms with Crippen molar-refractivity contribution in [1.82, 2.24) is 5.32 Å². The quantitative estimate of drug-likeness (QED) is 0.776. The molecule has 22 heavy (non-hydrogen) atoms. The predicted molar refractivity (Wildman–Crippen MR) is 89.0 cm³/mol. The van der Waals surface area contributed by atoms with Gasteiger partial charge in [0.1, 0.15) is 5.75 Å². The van der Waals surface area contributed by atoms with Crippen molar-refractivity contribution < 1.29 is 14.6 Å². The zero-order chi connectivity index (χ0) is 16.8. The number of para-hydroxylation sites is 1. The first-order valence-corrected chi connectivity index (χ1v) is 7.90.